The molecule has 0 saturated heterocycles. The number of carbonyl (C=O) groups excluding carboxylic acids is 1. The predicted molar refractivity (Wildman–Crippen MR) is 101 cm³/mol. The van der Waals surface area contributed by atoms with Gasteiger partial charge in [-0.1, -0.05) is 23.5 Å². The summed E-state index contributed by atoms with van der Waals surface area (Å²) in [6.07, 6.45) is 1.62. The van der Waals surface area contributed by atoms with Gasteiger partial charge in [-0.05, 0) is 32.9 Å². The largest absolute Gasteiger partial charge is 0.350 e. The van der Waals surface area contributed by atoms with Crippen LogP contribution in [-0.2, 0) is 11.8 Å². The number of nitrogens with one attached hydrogen (secondary N) is 2. The highest BCUT2D eigenvalue weighted by molar-refractivity contribution is 7.22. The van der Waals surface area contributed by atoms with Crippen molar-refractivity contribution < 1.29 is 4.79 Å². The first-order valence-electron chi connectivity index (χ1n) is 7.91. The summed E-state index contributed by atoms with van der Waals surface area (Å²) in [4.78, 5) is 16.7. The van der Waals surface area contributed by atoms with Gasteiger partial charge in [0.1, 0.15) is 6.04 Å². The van der Waals surface area contributed by atoms with Crippen molar-refractivity contribution in [1.29, 1.82) is 0 Å². The van der Waals surface area contributed by atoms with E-state index in [4.69, 9.17) is 0 Å². The van der Waals surface area contributed by atoms with Gasteiger partial charge >= 0.3 is 0 Å². The number of aromatic nitrogens is 3. The van der Waals surface area contributed by atoms with Gasteiger partial charge in [-0.3, -0.25) is 9.48 Å². The Labute approximate surface area is 149 Å². The summed E-state index contributed by atoms with van der Waals surface area (Å²) in [5, 5.41) is 12.2. The van der Waals surface area contributed by atoms with Crippen LogP contribution in [0.2, 0.25) is 0 Å². The minimum absolute atomic E-state index is 0.227. The molecule has 2 heterocycles. The second-order valence-electron chi connectivity index (χ2n) is 5.80. The van der Waals surface area contributed by atoms with Crippen LogP contribution in [0.3, 0.4) is 0 Å². The smallest absolute Gasteiger partial charge is 0.262 e. The number of thiazole rings is 1. The summed E-state index contributed by atoms with van der Waals surface area (Å²) in [6, 6.07) is 7.42. The van der Waals surface area contributed by atoms with Crippen molar-refractivity contribution in [3.05, 3.63) is 41.2 Å². The van der Waals surface area contributed by atoms with Gasteiger partial charge in [-0.25, -0.2) is 10.4 Å². The van der Waals surface area contributed by atoms with Gasteiger partial charge in [-0.15, -0.1) is 0 Å². The minimum Gasteiger partial charge on any atom is -0.350 e. The molecular formula is C17H20N6OS. The lowest BCUT2D eigenvalue weighted by Crippen LogP contribution is -2.34. The summed E-state index contributed by atoms with van der Waals surface area (Å²) >= 11 is 1.52. The van der Waals surface area contributed by atoms with Crippen LogP contribution in [0.4, 0.5) is 5.13 Å². The van der Waals surface area contributed by atoms with E-state index in [1.54, 1.807) is 17.8 Å². The van der Waals surface area contributed by atoms with Crippen molar-refractivity contribution in [2.75, 3.05) is 5.32 Å². The Morgan fingerprint density at radius 2 is 2.12 bits per heavy atom. The zero-order valence-electron chi connectivity index (χ0n) is 14.6. The molecule has 0 bridgehead atoms. The first-order chi connectivity index (χ1) is 12.0. The lowest BCUT2D eigenvalue weighted by atomic mass is 10.2. The van der Waals surface area contributed by atoms with E-state index in [0.29, 0.717) is 5.13 Å². The number of carbonyl (C=O) groups is 1. The highest BCUT2D eigenvalue weighted by Crippen LogP contribution is 2.25. The molecular weight excluding hydrogens is 336 g/mol. The topological polar surface area (TPSA) is 84.2 Å². The molecule has 1 aromatic carbocycles. The number of hydrogen-bond acceptors (Lipinski definition) is 6. The van der Waals surface area contributed by atoms with Crippen molar-refractivity contribution >= 4 is 38.8 Å². The standard InChI is InChI=1S/C17H20N6OS/c1-10-13(12(3)23(4)22-10)9-18-21-16(24)11(2)19-17-20-14-7-5-6-8-15(14)25-17/h5-9,11H,1-4H3,(H,19,20)(H,21,24)/b18-9-/t11-/m0/s1. The van der Waals surface area contributed by atoms with Crippen LogP contribution in [0.15, 0.2) is 29.4 Å². The van der Waals surface area contributed by atoms with E-state index in [0.717, 1.165) is 27.2 Å². The van der Waals surface area contributed by atoms with Gasteiger partial charge in [0.25, 0.3) is 5.91 Å². The summed E-state index contributed by atoms with van der Waals surface area (Å²) in [6.45, 7) is 5.64. The van der Waals surface area contributed by atoms with Gasteiger partial charge in [0.15, 0.2) is 5.13 Å². The van der Waals surface area contributed by atoms with Gasteiger partial charge in [0.2, 0.25) is 0 Å². The monoisotopic (exact) mass is 356 g/mol. The quantitative estimate of drug-likeness (QED) is 0.544. The van der Waals surface area contributed by atoms with E-state index in [1.165, 1.54) is 11.3 Å². The summed E-state index contributed by atoms with van der Waals surface area (Å²) < 4.78 is 2.87. The molecule has 1 atom stereocenters. The molecule has 0 radical (unpaired) electrons. The minimum atomic E-state index is -0.450. The second-order valence-corrected chi connectivity index (χ2v) is 6.83. The third-order valence-corrected chi connectivity index (χ3v) is 4.93. The van der Waals surface area contributed by atoms with E-state index >= 15 is 0 Å². The molecule has 0 spiro atoms. The third kappa shape index (κ3) is 3.69. The van der Waals surface area contributed by atoms with E-state index in [2.05, 4.69) is 25.9 Å². The predicted octanol–water partition coefficient (Wildman–Crippen LogP) is 2.60. The molecule has 2 N–H and O–H groups in total. The van der Waals surface area contributed by atoms with Gasteiger partial charge in [0.05, 0.1) is 22.1 Å². The molecule has 0 aliphatic carbocycles. The first kappa shape index (κ1) is 17.1. The number of para-hydroxylation sites is 1. The zero-order chi connectivity index (χ0) is 18.0. The molecule has 2 aromatic heterocycles. The van der Waals surface area contributed by atoms with Crippen LogP contribution in [0, 0.1) is 13.8 Å². The van der Waals surface area contributed by atoms with E-state index in [9.17, 15) is 4.79 Å². The molecule has 8 heteroatoms. The summed E-state index contributed by atoms with van der Waals surface area (Å²) in [5.41, 5.74) is 6.26. The number of anilines is 1. The highest BCUT2D eigenvalue weighted by Gasteiger charge is 2.14. The highest BCUT2D eigenvalue weighted by atomic mass is 32.1. The first-order valence-corrected chi connectivity index (χ1v) is 8.72. The average molecular weight is 356 g/mol. The number of hydrazone groups is 1. The molecule has 0 aliphatic rings. The molecule has 0 aliphatic heterocycles. The Kier molecular flexibility index (Phi) is 4.80. The molecule has 0 fully saturated rings. The molecule has 7 nitrogen and oxygen atoms in total. The summed E-state index contributed by atoms with van der Waals surface area (Å²) in [5.74, 6) is -0.227. The van der Waals surface area contributed by atoms with Gasteiger partial charge in [-0.2, -0.15) is 10.2 Å². The fraction of sp³-hybridized carbons (Fsp3) is 0.294. The molecule has 1 amide bonds. The van der Waals surface area contributed by atoms with E-state index in [1.807, 2.05) is 45.2 Å². The van der Waals surface area contributed by atoms with Crippen molar-refractivity contribution in [1.82, 2.24) is 20.2 Å². The van der Waals surface area contributed by atoms with Crippen LogP contribution in [0.25, 0.3) is 10.2 Å². The van der Waals surface area contributed by atoms with Crippen molar-refractivity contribution in [2.45, 2.75) is 26.8 Å². The van der Waals surface area contributed by atoms with Crippen LogP contribution in [0.5, 0.6) is 0 Å². The Morgan fingerprint density at radius 1 is 1.36 bits per heavy atom. The van der Waals surface area contributed by atoms with Crippen molar-refractivity contribution in [3.8, 4) is 0 Å². The maximum Gasteiger partial charge on any atom is 0.262 e. The summed E-state index contributed by atoms with van der Waals surface area (Å²) in [7, 11) is 1.88. The fourth-order valence-corrected chi connectivity index (χ4v) is 3.37. The number of aryl methyl sites for hydroxylation is 2. The molecule has 3 aromatic rings. The Balaban J connectivity index is 1.61. The van der Waals surface area contributed by atoms with Crippen molar-refractivity contribution in [2.24, 2.45) is 12.1 Å². The number of benzene rings is 1. The maximum absolute atomic E-state index is 12.2. The molecule has 130 valence electrons. The Hall–Kier alpha value is -2.74. The van der Waals surface area contributed by atoms with Crippen molar-refractivity contribution in [3.63, 3.8) is 0 Å². The maximum atomic E-state index is 12.2. The van der Waals surface area contributed by atoms with Crippen LogP contribution in [-0.4, -0.2) is 32.9 Å². The van der Waals surface area contributed by atoms with Gasteiger partial charge in [0, 0.05) is 18.3 Å². The van der Waals surface area contributed by atoms with E-state index < -0.39 is 6.04 Å². The lowest BCUT2D eigenvalue weighted by molar-refractivity contribution is -0.121. The van der Waals surface area contributed by atoms with Crippen LogP contribution in [0.1, 0.15) is 23.9 Å². The molecule has 25 heavy (non-hydrogen) atoms. The fourth-order valence-electron chi connectivity index (χ4n) is 2.42. The molecule has 3 rings (SSSR count). The Morgan fingerprint density at radius 3 is 2.80 bits per heavy atom. The van der Waals surface area contributed by atoms with E-state index in [-0.39, 0.29) is 5.91 Å². The number of nitrogens with zero attached hydrogens (tertiary/aromatic N) is 4. The number of hydrogen-bond donors (Lipinski definition) is 2. The number of rotatable bonds is 5. The van der Waals surface area contributed by atoms with Crippen LogP contribution < -0.4 is 10.7 Å². The lowest BCUT2D eigenvalue weighted by Gasteiger charge is -2.10. The normalized spacial score (nSPS) is 12.6. The Bertz CT molecular complexity index is 909. The molecule has 0 unspecified atom stereocenters. The van der Waals surface area contributed by atoms with Crippen LogP contribution >= 0.6 is 11.3 Å². The second kappa shape index (κ2) is 7.02. The number of fused-ring (bicyclic) bond motifs is 1. The average Bonchev–Trinajstić information content (AvgIpc) is 3.09. The van der Waals surface area contributed by atoms with Gasteiger partial charge < -0.3 is 5.32 Å². The zero-order valence-corrected chi connectivity index (χ0v) is 15.4. The molecule has 0 saturated carbocycles. The SMILES string of the molecule is Cc1nn(C)c(C)c1/C=N\NC(=O)[C@H](C)Nc1nc2ccccc2s1. The third-order valence-electron chi connectivity index (χ3n) is 3.96. The number of amides is 1.